The zero-order valence-corrected chi connectivity index (χ0v) is 20.2. The third kappa shape index (κ3) is 4.87. The minimum atomic E-state index is -0.286. The van der Waals surface area contributed by atoms with E-state index in [2.05, 4.69) is 61.8 Å². The molecule has 2 unspecified atom stereocenters. The number of carbonyl (C=O) groups excluding carboxylic acids is 1. The van der Waals surface area contributed by atoms with Crippen LogP contribution in [0.25, 0.3) is 0 Å². The first-order chi connectivity index (χ1) is 17.0. The van der Waals surface area contributed by atoms with Crippen molar-refractivity contribution in [1.29, 1.82) is 0 Å². The van der Waals surface area contributed by atoms with Crippen molar-refractivity contribution in [1.82, 2.24) is 25.4 Å². The number of nitrogens with one attached hydrogen (secondary N) is 3. The predicted octanol–water partition coefficient (Wildman–Crippen LogP) is 2.51. The van der Waals surface area contributed by atoms with Crippen LogP contribution in [0, 0.1) is 0 Å². The second kappa shape index (κ2) is 10.1. The Kier molecular flexibility index (Phi) is 6.70. The van der Waals surface area contributed by atoms with Crippen molar-refractivity contribution in [3.05, 3.63) is 75.5 Å². The van der Waals surface area contributed by atoms with Crippen molar-refractivity contribution in [2.24, 2.45) is 0 Å². The average molecular weight is 477 g/mol. The number of ether oxygens (including phenoxy) is 1. The van der Waals surface area contributed by atoms with E-state index in [0.29, 0.717) is 25.3 Å². The fraction of sp³-hybridized carbons (Fsp3) is 0.423. The molecule has 184 valence electrons. The van der Waals surface area contributed by atoms with E-state index >= 15 is 0 Å². The van der Waals surface area contributed by atoms with Crippen LogP contribution < -0.4 is 20.6 Å². The summed E-state index contributed by atoms with van der Waals surface area (Å²) in [4.78, 5) is 30.7. The maximum absolute atomic E-state index is 12.3. The monoisotopic (exact) mass is 476 g/mol. The highest BCUT2D eigenvalue weighted by molar-refractivity contribution is 5.96. The molecule has 9 heteroatoms. The summed E-state index contributed by atoms with van der Waals surface area (Å²) in [6.07, 6.45) is 3.33. The van der Waals surface area contributed by atoms with E-state index in [1.54, 1.807) is 12.0 Å². The smallest absolute Gasteiger partial charge is 0.340 e. The number of H-pyrrole nitrogens is 2. The summed E-state index contributed by atoms with van der Waals surface area (Å²) in [5, 5.41) is 10.4. The fourth-order valence-corrected chi connectivity index (χ4v) is 5.40. The standard InChI is InChI=1S/C26H32N6O3/c1-31-21-13-19(22(35-2)14-18(21)10-11-24(31)33)15-27-20-9-6-12-32(16-23-28-26(34)30-29-23)25(20)17-7-4-3-5-8-17/h3-5,7-8,13-14,20,25,27H,6,9-12,15-16H2,1-2H3,(H2,28,29,30,34). The van der Waals surface area contributed by atoms with Crippen molar-refractivity contribution >= 4 is 11.6 Å². The first kappa shape index (κ1) is 23.3. The molecule has 2 atom stereocenters. The van der Waals surface area contributed by atoms with Crippen LogP contribution in [0.3, 0.4) is 0 Å². The van der Waals surface area contributed by atoms with Gasteiger partial charge in [-0.05, 0) is 49.1 Å². The molecule has 2 aliphatic heterocycles. The van der Waals surface area contributed by atoms with Crippen LogP contribution in [0.4, 0.5) is 5.69 Å². The maximum atomic E-state index is 12.3. The number of aryl methyl sites for hydroxylation is 1. The number of aromatic nitrogens is 3. The Hall–Kier alpha value is -3.43. The molecule has 0 spiro atoms. The summed E-state index contributed by atoms with van der Waals surface area (Å²) in [6, 6.07) is 14.9. The summed E-state index contributed by atoms with van der Waals surface area (Å²) < 4.78 is 5.73. The highest BCUT2D eigenvalue weighted by Crippen LogP contribution is 2.35. The van der Waals surface area contributed by atoms with Crippen LogP contribution in [-0.4, -0.2) is 52.7 Å². The molecule has 0 aliphatic carbocycles. The second-order valence-electron chi connectivity index (χ2n) is 9.33. The molecule has 3 heterocycles. The van der Waals surface area contributed by atoms with Gasteiger partial charge >= 0.3 is 5.69 Å². The van der Waals surface area contributed by atoms with E-state index < -0.39 is 0 Å². The normalized spacial score (nSPS) is 20.6. The number of amides is 1. The molecular formula is C26H32N6O3. The molecule has 5 rings (SSSR count). The van der Waals surface area contributed by atoms with Gasteiger partial charge in [0.15, 0.2) is 0 Å². The Morgan fingerprint density at radius 2 is 2.00 bits per heavy atom. The number of rotatable bonds is 7. The minimum Gasteiger partial charge on any atom is -0.496 e. The Labute approximate surface area is 204 Å². The summed E-state index contributed by atoms with van der Waals surface area (Å²) in [5.41, 5.74) is 4.09. The molecule has 3 aromatic rings. The third-order valence-electron chi connectivity index (χ3n) is 7.16. The number of hydrogen-bond acceptors (Lipinski definition) is 6. The first-order valence-corrected chi connectivity index (χ1v) is 12.2. The molecule has 3 N–H and O–H groups in total. The number of anilines is 1. The molecule has 1 amide bonds. The van der Waals surface area contributed by atoms with Crippen LogP contribution in [0.1, 0.15) is 47.8 Å². The summed E-state index contributed by atoms with van der Waals surface area (Å²) in [5.74, 6) is 1.63. The van der Waals surface area contributed by atoms with Gasteiger partial charge in [0, 0.05) is 37.3 Å². The zero-order chi connectivity index (χ0) is 24.4. The van der Waals surface area contributed by atoms with E-state index in [4.69, 9.17) is 4.74 Å². The second-order valence-corrected chi connectivity index (χ2v) is 9.33. The van der Waals surface area contributed by atoms with E-state index in [-0.39, 0.29) is 23.7 Å². The Balaban J connectivity index is 1.40. The van der Waals surface area contributed by atoms with Crippen LogP contribution in [0.5, 0.6) is 5.75 Å². The van der Waals surface area contributed by atoms with Crippen molar-refractivity contribution in [3.63, 3.8) is 0 Å². The van der Waals surface area contributed by atoms with Gasteiger partial charge < -0.3 is 15.0 Å². The fourth-order valence-electron chi connectivity index (χ4n) is 5.40. The molecule has 9 nitrogen and oxygen atoms in total. The lowest BCUT2D eigenvalue weighted by molar-refractivity contribution is -0.118. The Morgan fingerprint density at radius 3 is 2.74 bits per heavy atom. The summed E-state index contributed by atoms with van der Waals surface area (Å²) >= 11 is 0. The zero-order valence-electron chi connectivity index (χ0n) is 20.2. The van der Waals surface area contributed by atoms with Gasteiger partial charge in [-0.25, -0.2) is 9.89 Å². The largest absolute Gasteiger partial charge is 0.496 e. The van der Waals surface area contributed by atoms with Crippen LogP contribution >= 0.6 is 0 Å². The number of aromatic amines is 2. The van der Waals surface area contributed by atoms with Crippen molar-refractivity contribution in [2.75, 3.05) is 25.6 Å². The van der Waals surface area contributed by atoms with E-state index in [9.17, 15) is 9.59 Å². The van der Waals surface area contributed by atoms with Gasteiger partial charge in [0.2, 0.25) is 5.91 Å². The van der Waals surface area contributed by atoms with Crippen molar-refractivity contribution < 1.29 is 9.53 Å². The van der Waals surface area contributed by atoms with Crippen LogP contribution in [-0.2, 0) is 24.3 Å². The molecule has 0 saturated carbocycles. The lowest BCUT2D eigenvalue weighted by Gasteiger charge is -2.42. The Morgan fingerprint density at radius 1 is 1.17 bits per heavy atom. The third-order valence-corrected chi connectivity index (χ3v) is 7.16. The molecule has 1 aromatic heterocycles. The number of likely N-dealkylation sites (tertiary alicyclic amines) is 1. The molecule has 2 aliphatic rings. The number of hydrogen-bond donors (Lipinski definition) is 3. The van der Waals surface area contributed by atoms with E-state index in [0.717, 1.165) is 48.4 Å². The van der Waals surface area contributed by atoms with Gasteiger partial charge in [-0.1, -0.05) is 30.3 Å². The SMILES string of the molecule is COc1cc2c(cc1CNC1CCCN(Cc3n[nH]c(=O)[nH]3)C1c1ccccc1)N(C)C(=O)CC2. The molecule has 1 saturated heterocycles. The maximum Gasteiger partial charge on any atom is 0.340 e. The quantitative estimate of drug-likeness (QED) is 0.484. The molecule has 2 aromatic carbocycles. The van der Waals surface area contributed by atoms with Gasteiger partial charge in [-0.15, -0.1) is 0 Å². The topological polar surface area (TPSA) is 106 Å². The van der Waals surface area contributed by atoms with Gasteiger partial charge in [0.25, 0.3) is 0 Å². The lowest BCUT2D eigenvalue weighted by Crippen LogP contribution is -2.48. The highest BCUT2D eigenvalue weighted by Gasteiger charge is 2.33. The van der Waals surface area contributed by atoms with Crippen molar-refractivity contribution in [3.8, 4) is 5.75 Å². The van der Waals surface area contributed by atoms with Gasteiger partial charge in [-0.2, -0.15) is 5.10 Å². The van der Waals surface area contributed by atoms with Crippen LogP contribution in [0.2, 0.25) is 0 Å². The predicted molar refractivity (Wildman–Crippen MR) is 133 cm³/mol. The Bertz CT molecular complexity index is 1240. The summed E-state index contributed by atoms with van der Waals surface area (Å²) in [6.45, 7) is 2.10. The summed E-state index contributed by atoms with van der Waals surface area (Å²) in [7, 11) is 3.54. The average Bonchev–Trinajstić information content (AvgIpc) is 3.29. The minimum absolute atomic E-state index is 0.123. The first-order valence-electron chi connectivity index (χ1n) is 12.2. The van der Waals surface area contributed by atoms with Gasteiger partial charge in [0.1, 0.15) is 11.6 Å². The molecule has 1 fully saturated rings. The molecule has 0 bridgehead atoms. The molecule has 35 heavy (non-hydrogen) atoms. The molecular weight excluding hydrogens is 444 g/mol. The van der Waals surface area contributed by atoms with Gasteiger partial charge in [-0.3, -0.25) is 14.7 Å². The number of nitrogens with zero attached hydrogens (tertiary/aromatic N) is 3. The number of piperidine rings is 1. The number of methoxy groups -OCH3 is 1. The lowest BCUT2D eigenvalue weighted by atomic mass is 9.90. The highest BCUT2D eigenvalue weighted by atomic mass is 16.5. The van der Waals surface area contributed by atoms with Crippen LogP contribution in [0.15, 0.2) is 47.3 Å². The van der Waals surface area contributed by atoms with Gasteiger partial charge in [0.05, 0.1) is 19.7 Å². The molecule has 0 radical (unpaired) electrons. The van der Waals surface area contributed by atoms with E-state index in [1.165, 1.54) is 5.56 Å². The van der Waals surface area contributed by atoms with Crippen molar-refractivity contribution in [2.45, 2.75) is 50.9 Å². The number of carbonyl (C=O) groups is 1. The number of benzene rings is 2. The van der Waals surface area contributed by atoms with E-state index in [1.807, 2.05) is 13.1 Å². The number of fused-ring (bicyclic) bond motifs is 1.